The van der Waals surface area contributed by atoms with Gasteiger partial charge < -0.3 is 15.9 Å². The molecule has 2 fully saturated rings. The molecule has 2 saturated carbocycles. The standard InChI is InChI=1S/C22H25N3O9S/c1-25(2)16-10-7-8-6-9-11(24-35(3,33)34)4-5-12(26)14(9)17(27)13(8)19(29)22(10,32)20(30)15(18(16)28)21(23)31/h4-5,8,10,13,15-16,24,26,32H,6-7H2,1-3H3,(H2,23,31). The number of carbonyl (C=O) groups excluding carboxylic acids is 5. The van der Waals surface area contributed by atoms with Crippen molar-refractivity contribution in [2.45, 2.75) is 24.5 Å². The quantitative estimate of drug-likeness (QED) is 0.267. The van der Waals surface area contributed by atoms with E-state index in [2.05, 4.69) is 4.72 Å². The smallest absolute Gasteiger partial charge is 0.235 e. The molecule has 6 unspecified atom stereocenters. The van der Waals surface area contributed by atoms with Gasteiger partial charge in [0.15, 0.2) is 34.7 Å². The third kappa shape index (κ3) is 3.56. The van der Waals surface area contributed by atoms with Crippen LogP contribution in [0.5, 0.6) is 5.75 Å². The number of nitrogens with two attached hydrogens (primary N) is 1. The van der Waals surface area contributed by atoms with Gasteiger partial charge in [0.1, 0.15) is 5.75 Å². The minimum atomic E-state index is -3.75. The number of nitrogens with zero attached hydrogens (tertiary/aromatic N) is 1. The zero-order valence-electron chi connectivity index (χ0n) is 19.1. The molecule has 1 amide bonds. The normalized spacial score (nSPS) is 32.7. The summed E-state index contributed by atoms with van der Waals surface area (Å²) in [7, 11) is -0.774. The average molecular weight is 508 g/mol. The third-order valence-corrected chi connectivity index (χ3v) is 7.83. The van der Waals surface area contributed by atoms with Crippen molar-refractivity contribution < 1.29 is 42.6 Å². The van der Waals surface area contributed by atoms with E-state index in [1.54, 1.807) is 0 Å². The highest BCUT2D eigenvalue weighted by Crippen LogP contribution is 2.51. The molecule has 188 valence electrons. The molecule has 0 bridgehead atoms. The highest BCUT2D eigenvalue weighted by atomic mass is 32.2. The molecule has 3 aliphatic rings. The fourth-order valence-electron chi connectivity index (χ4n) is 5.90. The van der Waals surface area contributed by atoms with Gasteiger partial charge in [0.2, 0.25) is 15.9 Å². The number of carbonyl (C=O) groups is 5. The number of likely N-dealkylation sites (N-methyl/N-ethyl adjacent to an activating group) is 1. The van der Waals surface area contributed by atoms with Crippen LogP contribution in [0.3, 0.4) is 0 Å². The monoisotopic (exact) mass is 507 g/mol. The minimum absolute atomic E-state index is 0.0436. The van der Waals surface area contributed by atoms with Crippen LogP contribution in [-0.4, -0.2) is 84.6 Å². The molecule has 0 aromatic heterocycles. The van der Waals surface area contributed by atoms with Crippen molar-refractivity contribution in [3.8, 4) is 5.75 Å². The number of phenolic OH excluding ortho intramolecular Hbond substituents is 1. The van der Waals surface area contributed by atoms with Crippen molar-refractivity contribution in [1.82, 2.24) is 4.90 Å². The van der Waals surface area contributed by atoms with Gasteiger partial charge in [0.05, 0.1) is 29.5 Å². The lowest BCUT2D eigenvalue weighted by atomic mass is 9.52. The van der Waals surface area contributed by atoms with E-state index < -0.39 is 80.1 Å². The summed E-state index contributed by atoms with van der Waals surface area (Å²) in [5.74, 6) is -11.7. The largest absolute Gasteiger partial charge is 0.507 e. The number of benzene rings is 1. The minimum Gasteiger partial charge on any atom is -0.507 e. The van der Waals surface area contributed by atoms with Crippen molar-refractivity contribution >= 4 is 44.8 Å². The average Bonchev–Trinajstić information content (AvgIpc) is 2.71. The van der Waals surface area contributed by atoms with Crippen LogP contribution >= 0.6 is 0 Å². The Morgan fingerprint density at radius 3 is 2.34 bits per heavy atom. The maximum atomic E-state index is 13.6. The Kier molecular flexibility index (Phi) is 5.65. The number of ketones is 4. The number of rotatable bonds is 4. The second-order valence-corrected chi connectivity index (χ2v) is 11.4. The number of nitrogens with one attached hydrogen (secondary N) is 1. The first-order valence-electron chi connectivity index (χ1n) is 10.8. The van der Waals surface area contributed by atoms with E-state index >= 15 is 0 Å². The number of sulfonamides is 1. The van der Waals surface area contributed by atoms with Crippen molar-refractivity contribution in [3.05, 3.63) is 23.3 Å². The second-order valence-electron chi connectivity index (χ2n) is 9.65. The Morgan fingerprint density at radius 1 is 1.17 bits per heavy atom. The molecule has 35 heavy (non-hydrogen) atoms. The summed E-state index contributed by atoms with van der Waals surface area (Å²) in [6.07, 6.45) is 0.746. The zero-order valence-corrected chi connectivity index (χ0v) is 20.0. The first kappa shape index (κ1) is 24.9. The van der Waals surface area contributed by atoms with Crippen LogP contribution in [0, 0.1) is 23.7 Å². The van der Waals surface area contributed by atoms with Gasteiger partial charge in [-0.2, -0.15) is 0 Å². The number of fused-ring (bicyclic) bond motifs is 3. The number of amides is 1. The van der Waals surface area contributed by atoms with Gasteiger partial charge in [-0.05, 0) is 50.6 Å². The summed E-state index contributed by atoms with van der Waals surface area (Å²) < 4.78 is 26.0. The fourth-order valence-corrected chi connectivity index (χ4v) is 6.49. The molecule has 0 aliphatic heterocycles. The summed E-state index contributed by atoms with van der Waals surface area (Å²) >= 11 is 0. The molecule has 3 aliphatic carbocycles. The van der Waals surface area contributed by atoms with Crippen molar-refractivity contribution in [2.24, 2.45) is 29.4 Å². The number of aromatic hydroxyl groups is 1. The molecular weight excluding hydrogens is 482 g/mol. The summed E-state index contributed by atoms with van der Waals surface area (Å²) in [5, 5.41) is 21.9. The molecule has 0 spiro atoms. The predicted molar refractivity (Wildman–Crippen MR) is 120 cm³/mol. The lowest BCUT2D eigenvalue weighted by molar-refractivity contribution is -0.181. The molecular formula is C22H25N3O9S. The Balaban J connectivity index is 1.88. The van der Waals surface area contributed by atoms with E-state index in [1.807, 2.05) is 0 Å². The number of phenols is 1. The summed E-state index contributed by atoms with van der Waals surface area (Å²) in [5.41, 5.74) is 2.39. The summed E-state index contributed by atoms with van der Waals surface area (Å²) in [4.78, 5) is 66.7. The first-order chi connectivity index (χ1) is 16.1. The lowest BCUT2D eigenvalue weighted by Crippen LogP contribution is -2.74. The molecule has 13 heteroatoms. The number of aliphatic hydroxyl groups is 1. The van der Waals surface area contributed by atoms with Gasteiger partial charge in [0, 0.05) is 5.92 Å². The predicted octanol–water partition coefficient (Wildman–Crippen LogP) is -1.76. The number of hydrogen-bond acceptors (Lipinski definition) is 10. The maximum absolute atomic E-state index is 13.6. The SMILES string of the molecule is CN(C)C1C(=O)C(C(N)=O)C(=O)C2(O)C(=O)C3C(=O)c4c(O)ccc(NS(C)(=O)=O)c4CC3CC12. The number of primary amides is 1. The van der Waals surface area contributed by atoms with E-state index in [0.29, 0.717) is 0 Å². The Labute approximate surface area is 200 Å². The van der Waals surface area contributed by atoms with Crippen LogP contribution in [0.2, 0.25) is 0 Å². The summed E-state index contributed by atoms with van der Waals surface area (Å²) in [6.45, 7) is 0. The highest BCUT2D eigenvalue weighted by Gasteiger charge is 2.69. The van der Waals surface area contributed by atoms with Gasteiger partial charge >= 0.3 is 0 Å². The van der Waals surface area contributed by atoms with Crippen molar-refractivity contribution in [3.63, 3.8) is 0 Å². The van der Waals surface area contributed by atoms with Gasteiger partial charge in [-0.25, -0.2) is 8.42 Å². The van der Waals surface area contributed by atoms with Gasteiger partial charge in [-0.15, -0.1) is 0 Å². The molecule has 6 atom stereocenters. The van der Waals surface area contributed by atoms with Crippen LogP contribution in [-0.2, 0) is 35.6 Å². The Bertz CT molecular complexity index is 1310. The van der Waals surface area contributed by atoms with Crippen molar-refractivity contribution in [2.75, 3.05) is 25.1 Å². The van der Waals surface area contributed by atoms with E-state index in [-0.39, 0.29) is 29.7 Å². The lowest BCUT2D eigenvalue weighted by Gasteiger charge is -2.52. The van der Waals surface area contributed by atoms with E-state index in [4.69, 9.17) is 5.73 Å². The summed E-state index contributed by atoms with van der Waals surface area (Å²) in [6, 6.07) is 1.18. The van der Waals surface area contributed by atoms with Gasteiger partial charge in [-0.3, -0.25) is 33.6 Å². The van der Waals surface area contributed by atoms with Crippen LogP contribution in [0.15, 0.2) is 12.1 Å². The molecule has 4 rings (SSSR count). The first-order valence-corrected chi connectivity index (χ1v) is 12.7. The number of Topliss-reactive ketones (excluding diaryl/α,β-unsaturated/α-hetero) is 4. The highest BCUT2D eigenvalue weighted by molar-refractivity contribution is 7.92. The third-order valence-electron chi connectivity index (χ3n) is 7.24. The molecule has 5 N–H and O–H groups in total. The fraction of sp³-hybridized carbons (Fsp3) is 0.500. The van der Waals surface area contributed by atoms with Crippen LogP contribution in [0.25, 0.3) is 0 Å². The molecule has 1 aromatic rings. The number of anilines is 1. The topological polar surface area (TPSA) is 201 Å². The van der Waals surface area contributed by atoms with Crippen LogP contribution in [0.4, 0.5) is 5.69 Å². The molecule has 0 radical (unpaired) electrons. The van der Waals surface area contributed by atoms with Gasteiger partial charge in [0.25, 0.3) is 0 Å². The van der Waals surface area contributed by atoms with Crippen LogP contribution in [0.1, 0.15) is 22.3 Å². The van der Waals surface area contributed by atoms with E-state index in [0.717, 1.165) is 12.3 Å². The van der Waals surface area contributed by atoms with E-state index in [9.17, 15) is 42.6 Å². The van der Waals surface area contributed by atoms with Gasteiger partial charge in [-0.1, -0.05) is 0 Å². The molecule has 12 nitrogen and oxygen atoms in total. The molecule has 0 saturated heterocycles. The van der Waals surface area contributed by atoms with Crippen LogP contribution < -0.4 is 10.5 Å². The molecule has 1 aromatic carbocycles. The zero-order chi connectivity index (χ0) is 26.2. The van der Waals surface area contributed by atoms with Crippen molar-refractivity contribution in [1.29, 1.82) is 0 Å². The number of hydrogen-bond donors (Lipinski definition) is 4. The molecule has 0 heterocycles. The Morgan fingerprint density at radius 2 is 1.80 bits per heavy atom. The Hall–Kier alpha value is -3.16. The maximum Gasteiger partial charge on any atom is 0.235 e. The van der Waals surface area contributed by atoms with E-state index in [1.165, 1.54) is 25.1 Å². The second kappa shape index (κ2) is 7.93.